The molecule has 0 aliphatic heterocycles. The first-order chi connectivity index (χ1) is 13.5. The van der Waals surface area contributed by atoms with E-state index in [0.717, 1.165) is 9.80 Å². The Bertz CT molecular complexity index is 669. The second kappa shape index (κ2) is 22.3. The third kappa shape index (κ3) is 22.7. The topological polar surface area (TPSA) is 193 Å². The fourth-order valence-electron chi connectivity index (χ4n) is 2.06. The molecular formula is C17H25N2Na3O10. The molecule has 0 spiro atoms. The third-order valence-corrected chi connectivity index (χ3v) is 3.19. The van der Waals surface area contributed by atoms with E-state index in [1.54, 1.807) is 30.3 Å². The van der Waals surface area contributed by atoms with Gasteiger partial charge in [-0.2, -0.15) is 0 Å². The number of carboxylic acids is 5. The van der Waals surface area contributed by atoms with Crippen LogP contribution in [-0.4, -0.2) is 104 Å². The molecule has 1 aromatic carbocycles. The van der Waals surface area contributed by atoms with Gasteiger partial charge in [-0.1, -0.05) is 18.2 Å². The smallest absolute Gasteiger partial charge is 1.00 e. The van der Waals surface area contributed by atoms with Crippen LogP contribution in [0, 0.1) is 0 Å². The Morgan fingerprint density at radius 2 is 0.875 bits per heavy atom. The Labute approximate surface area is 254 Å². The summed E-state index contributed by atoms with van der Waals surface area (Å²) in [7, 11) is 0. The standard InChI is InChI=1S/C10H16N2O8.C7H6O2.3Na.3H/c13-7(14)3-11(4-8(15)16)1-2-12(5-9(17)18)6-10(19)20;8-7(9)6-4-2-1-3-5-6;;;;;;/h1-6H2,(H,13,14)(H,15,16)(H,17,18)(H,19,20);1-5H,(H,8,9);;;;;;/q;;3*+1;3*-1. The maximum atomic E-state index is 10.6. The molecule has 1 aromatic rings. The molecule has 0 saturated carbocycles. The molecule has 0 aliphatic rings. The zero-order chi connectivity index (χ0) is 22.4. The molecule has 1 rings (SSSR count). The van der Waals surface area contributed by atoms with Crippen LogP contribution in [0.15, 0.2) is 30.3 Å². The Morgan fingerprint density at radius 1 is 0.594 bits per heavy atom. The summed E-state index contributed by atoms with van der Waals surface area (Å²) in [5, 5.41) is 42.9. The second-order valence-electron chi connectivity index (χ2n) is 5.67. The zero-order valence-electron chi connectivity index (χ0n) is 21.3. The van der Waals surface area contributed by atoms with E-state index in [1.807, 2.05) is 0 Å². The largest absolute Gasteiger partial charge is 1.00 e. The number of hydrogen-bond acceptors (Lipinski definition) is 7. The Hall–Kier alpha value is -0.510. The Kier molecular flexibility index (Phi) is 27.0. The van der Waals surface area contributed by atoms with E-state index in [9.17, 15) is 24.0 Å². The first-order valence-corrected chi connectivity index (χ1v) is 8.11. The van der Waals surface area contributed by atoms with Gasteiger partial charge in [-0.25, -0.2) is 4.79 Å². The number of carboxylic acid groups (broad SMARTS) is 5. The fourth-order valence-corrected chi connectivity index (χ4v) is 2.06. The Balaban J connectivity index is -0.0000000903. The van der Waals surface area contributed by atoms with Crippen molar-refractivity contribution in [1.29, 1.82) is 0 Å². The van der Waals surface area contributed by atoms with Gasteiger partial charge in [-0.05, 0) is 12.1 Å². The van der Waals surface area contributed by atoms with Gasteiger partial charge in [0.2, 0.25) is 0 Å². The average Bonchev–Trinajstić information content (AvgIpc) is 2.59. The van der Waals surface area contributed by atoms with Gasteiger partial charge in [0.1, 0.15) is 0 Å². The molecule has 0 fully saturated rings. The van der Waals surface area contributed by atoms with Crippen molar-refractivity contribution in [3.8, 4) is 0 Å². The van der Waals surface area contributed by atoms with Crippen LogP contribution in [0.1, 0.15) is 14.6 Å². The van der Waals surface area contributed by atoms with Crippen molar-refractivity contribution >= 4 is 29.8 Å². The molecule has 5 N–H and O–H groups in total. The van der Waals surface area contributed by atoms with Crippen molar-refractivity contribution < 1.29 is 142 Å². The number of hydrogen-bond donors (Lipinski definition) is 5. The number of carbonyl (C=O) groups is 5. The average molecular weight is 486 g/mol. The van der Waals surface area contributed by atoms with Gasteiger partial charge in [-0.15, -0.1) is 0 Å². The summed E-state index contributed by atoms with van der Waals surface area (Å²) in [5.41, 5.74) is 0.331. The Morgan fingerprint density at radius 3 is 1.06 bits per heavy atom. The summed E-state index contributed by atoms with van der Waals surface area (Å²) in [6, 6.07) is 8.30. The van der Waals surface area contributed by atoms with E-state index in [4.69, 9.17) is 25.5 Å². The van der Waals surface area contributed by atoms with E-state index in [-0.39, 0.29) is 106 Å². The van der Waals surface area contributed by atoms with Crippen LogP contribution in [0.25, 0.3) is 0 Å². The molecular weight excluding hydrogens is 461 g/mol. The van der Waals surface area contributed by atoms with Gasteiger partial charge in [-0.3, -0.25) is 29.0 Å². The number of aromatic carboxylic acids is 1. The minimum atomic E-state index is -1.23. The van der Waals surface area contributed by atoms with Gasteiger partial charge in [0.15, 0.2) is 0 Å². The molecule has 0 atom stereocenters. The molecule has 32 heavy (non-hydrogen) atoms. The molecule has 0 heterocycles. The number of rotatable bonds is 12. The summed E-state index contributed by atoms with van der Waals surface area (Å²) >= 11 is 0. The maximum Gasteiger partial charge on any atom is 1.00 e. The molecule has 166 valence electrons. The van der Waals surface area contributed by atoms with Crippen molar-refractivity contribution in [2.45, 2.75) is 0 Å². The summed E-state index contributed by atoms with van der Waals surface area (Å²) in [4.78, 5) is 54.6. The van der Waals surface area contributed by atoms with Crippen LogP contribution in [0.5, 0.6) is 0 Å². The number of benzene rings is 1. The molecule has 0 aliphatic carbocycles. The molecule has 12 nitrogen and oxygen atoms in total. The summed E-state index contributed by atoms with van der Waals surface area (Å²) in [5.74, 6) is -5.79. The molecule has 0 aromatic heterocycles. The van der Waals surface area contributed by atoms with Crippen LogP contribution < -0.4 is 88.7 Å². The monoisotopic (exact) mass is 486 g/mol. The maximum absolute atomic E-state index is 10.6. The van der Waals surface area contributed by atoms with Gasteiger partial charge >= 0.3 is 119 Å². The van der Waals surface area contributed by atoms with E-state index in [2.05, 4.69) is 0 Å². The molecule has 15 heteroatoms. The second-order valence-corrected chi connectivity index (χ2v) is 5.67. The summed E-state index contributed by atoms with van der Waals surface area (Å²) < 4.78 is 0. The summed E-state index contributed by atoms with van der Waals surface area (Å²) in [6.07, 6.45) is 0. The SMILES string of the molecule is O=C(O)CN(CCN(CC(=O)O)CC(=O)O)CC(=O)O.O=C(O)c1ccccc1.[H-].[H-].[H-].[Na+].[Na+].[Na+]. The van der Waals surface area contributed by atoms with Crippen molar-refractivity contribution in [2.75, 3.05) is 39.3 Å². The van der Waals surface area contributed by atoms with E-state index in [1.165, 1.54) is 0 Å². The normalized spacial score (nSPS) is 9.19. The number of aliphatic carboxylic acids is 4. The first kappa shape index (κ1) is 38.7. The predicted octanol–water partition coefficient (Wildman–Crippen LogP) is -9.34. The van der Waals surface area contributed by atoms with Gasteiger partial charge in [0.05, 0.1) is 31.7 Å². The molecule has 0 radical (unpaired) electrons. The molecule has 0 saturated heterocycles. The van der Waals surface area contributed by atoms with Crippen molar-refractivity contribution in [2.24, 2.45) is 0 Å². The molecule has 0 amide bonds. The minimum Gasteiger partial charge on any atom is -1.00 e. The van der Waals surface area contributed by atoms with Crippen LogP contribution in [0.3, 0.4) is 0 Å². The van der Waals surface area contributed by atoms with Crippen LogP contribution in [0.2, 0.25) is 0 Å². The van der Waals surface area contributed by atoms with Crippen LogP contribution in [0.4, 0.5) is 0 Å². The van der Waals surface area contributed by atoms with Crippen molar-refractivity contribution in [3.63, 3.8) is 0 Å². The molecule has 0 unspecified atom stereocenters. The predicted molar refractivity (Wildman–Crippen MR) is 100 cm³/mol. The molecule has 0 bridgehead atoms. The van der Waals surface area contributed by atoms with Crippen LogP contribution in [-0.2, 0) is 19.2 Å². The quantitative estimate of drug-likeness (QED) is 0.176. The van der Waals surface area contributed by atoms with Crippen molar-refractivity contribution in [1.82, 2.24) is 9.80 Å². The van der Waals surface area contributed by atoms with Crippen molar-refractivity contribution in [3.05, 3.63) is 35.9 Å². The summed E-state index contributed by atoms with van der Waals surface area (Å²) in [6.45, 7) is -2.25. The third-order valence-electron chi connectivity index (χ3n) is 3.19. The minimum absolute atomic E-state index is 0. The van der Waals surface area contributed by atoms with E-state index >= 15 is 0 Å². The van der Waals surface area contributed by atoms with Crippen LogP contribution >= 0.6 is 0 Å². The van der Waals surface area contributed by atoms with Gasteiger partial charge in [0.25, 0.3) is 0 Å². The van der Waals surface area contributed by atoms with Gasteiger partial charge < -0.3 is 29.8 Å². The van der Waals surface area contributed by atoms with E-state index in [0.29, 0.717) is 5.56 Å². The van der Waals surface area contributed by atoms with Gasteiger partial charge in [0, 0.05) is 13.1 Å². The fraction of sp³-hybridized carbons (Fsp3) is 0.353. The first-order valence-electron chi connectivity index (χ1n) is 8.11. The van der Waals surface area contributed by atoms with E-state index < -0.39 is 56.0 Å². The zero-order valence-corrected chi connectivity index (χ0v) is 24.3. The number of nitrogens with zero attached hydrogens (tertiary/aromatic N) is 2.